The maximum absolute atomic E-state index is 3.89. The molecule has 14 heavy (non-hydrogen) atoms. The van der Waals surface area contributed by atoms with Crippen LogP contribution in [0.2, 0.25) is 0 Å². The fourth-order valence-corrected chi connectivity index (χ4v) is 0.977. The number of anilines is 1. The van der Waals surface area contributed by atoms with Crippen molar-refractivity contribution in [3.8, 4) is 0 Å². The molecule has 0 aliphatic carbocycles. The van der Waals surface area contributed by atoms with Crippen molar-refractivity contribution >= 4 is 5.82 Å². The second kappa shape index (κ2) is 3.77. The summed E-state index contributed by atoms with van der Waals surface area (Å²) >= 11 is 0. The van der Waals surface area contributed by atoms with Crippen LogP contribution in [0.3, 0.4) is 0 Å². The van der Waals surface area contributed by atoms with Gasteiger partial charge in [-0.1, -0.05) is 5.21 Å². The van der Waals surface area contributed by atoms with E-state index in [1.807, 2.05) is 13.0 Å². The van der Waals surface area contributed by atoms with Gasteiger partial charge in [-0.2, -0.15) is 10.3 Å². The molecule has 7 nitrogen and oxygen atoms in total. The Kier molecular flexibility index (Phi) is 2.30. The summed E-state index contributed by atoms with van der Waals surface area (Å²) in [5, 5.41) is 24.1. The van der Waals surface area contributed by atoms with Gasteiger partial charge in [0, 0.05) is 0 Å². The van der Waals surface area contributed by atoms with Crippen molar-refractivity contribution in [3.05, 3.63) is 23.7 Å². The number of aromatic nitrogens is 6. The Balaban J connectivity index is 1.98. The van der Waals surface area contributed by atoms with Gasteiger partial charge in [0.25, 0.3) is 0 Å². The molecule has 2 aromatic rings. The molecule has 0 amide bonds. The van der Waals surface area contributed by atoms with Crippen molar-refractivity contribution in [2.75, 3.05) is 5.32 Å². The Morgan fingerprint density at radius 1 is 1.43 bits per heavy atom. The van der Waals surface area contributed by atoms with Crippen LogP contribution in [-0.2, 0) is 6.54 Å². The highest BCUT2D eigenvalue weighted by Crippen LogP contribution is 2.03. The molecule has 0 spiro atoms. The first kappa shape index (κ1) is 8.54. The van der Waals surface area contributed by atoms with Crippen molar-refractivity contribution in [1.82, 2.24) is 30.8 Å². The van der Waals surface area contributed by atoms with Gasteiger partial charge in [0.05, 0.1) is 12.7 Å². The molecule has 0 aromatic carbocycles. The second-order valence-electron chi connectivity index (χ2n) is 2.80. The molecule has 0 atom stereocenters. The summed E-state index contributed by atoms with van der Waals surface area (Å²) < 4.78 is 0. The molecule has 2 N–H and O–H groups in total. The fourth-order valence-electron chi connectivity index (χ4n) is 0.977. The molecule has 0 saturated carbocycles. The number of rotatable bonds is 3. The monoisotopic (exact) mass is 191 g/mol. The van der Waals surface area contributed by atoms with Crippen LogP contribution in [-0.4, -0.2) is 30.8 Å². The molecule has 2 aromatic heterocycles. The molecule has 2 rings (SSSR count). The molecule has 2 heterocycles. The van der Waals surface area contributed by atoms with Gasteiger partial charge in [0.2, 0.25) is 0 Å². The average molecular weight is 191 g/mol. The Morgan fingerprint density at radius 2 is 2.36 bits per heavy atom. The third kappa shape index (κ3) is 2.00. The van der Waals surface area contributed by atoms with E-state index in [4.69, 9.17) is 0 Å². The SMILES string of the molecule is Cc1cnnc(NCc2nn[nH]n2)c1. The van der Waals surface area contributed by atoms with E-state index in [-0.39, 0.29) is 0 Å². The smallest absolute Gasteiger partial charge is 0.193 e. The molecule has 72 valence electrons. The normalized spacial score (nSPS) is 10.1. The van der Waals surface area contributed by atoms with E-state index in [0.717, 1.165) is 5.56 Å². The van der Waals surface area contributed by atoms with Crippen molar-refractivity contribution in [3.63, 3.8) is 0 Å². The first-order chi connectivity index (χ1) is 6.84. The molecule has 7 heteroatoms. The minimum absolute atomic E-state index is 0.481. The van der Waals surface area contributed by atoms with Gasteiger partial charge >= 0.3 is 0 Å². The summed E-state index contributed by atoms with van der Waals surface area (Å²) in [6.07, 6.45) is 1.69. The van der Waals surface area contributed by atoms with E-state index >= 15 is 0 Å². The van der Waals surface area contributed by atoms with Gasteiger partial charge in [-0.25, -0.2) is 0 Å². The minimum atomic E-state index is 0.481. The number of nitrogens with one attached hydrogen (secondary N) is 2. The summed E-state index contributed by atoms with van der Waals surface area (Å²) in [6.45, 7) is 2.43. The molecule has 0 fully saturated rings. The Morgan fingerprint density at radius 3 is 3.07 bits per heavy atom. The van der Waals surface area contributed by atoms with Crippen LogP contribution in [0.1, 0.15) is 11.4 Å². The van der Waals surface area contributed by atoms with Crippen molar-refractivity contribution in [2.45, 2.75) is 13.5 Å². The number of aromatic amines is 1. The summed E-state index contributed by atoms with van der Waals surface area (Å²) in [6, 6.07) is 1.90. The van der Waals surface area contributed by atoms with E-state index in [2.05, 4.69) is 36.1 Å². The lowest BCUT2D eigenvalue weighted by Gasteiger charge is -2.00. The number of hydrogen-bond acceptors (Lipinski definition) is 6. The number of H-pyrrole nitrogens is 1. The molecule has 0 unspecified atom stereocenters. The Hall–Kier alpha value is -2.05. The first-order valence-electron chi connectivity index (χ1n) is 4.10. The van der Waals surface area contributed by atoms with Crippen LogP contribution in [0.5, 0.6) is 0 Å². The second-order valence-corrected chi connectivity index (χ2v) is 2.80. The highest BCUT2D eigenvalue weighted by molar-refractivity contribution is 5.34. The molecule has 0 saturated heterocycles. The van der Waals surface area contributed by atoms with E-state index < -0.39 is 0 Å². The largest absolute Gasteiger partial charge is 0.361 e. The summed E-state index contributed by atoms with van der Waals surface area (Å²) in [5.41, 5.74) is 1.05. The van der Waals surface area contributed by atoms with Gasteiger partial charge in [0.1, 0.15) is 5.82 Å². The zero-order valence-corrected chi connectivity index (χ0v) is 7.60. The van der Waals surface area contributed by atoms with E-state index in [1.165, 1.54) is 0 Å². The fraction of sp³-hybridized carbons (Fsp3) is 0.286. The lowest BCUT2D eigenvalue weighted by atomic mass is 10.3. The number of hydrogen-bond donors (Lipinski definition) is 2. The third-order valence-corrected chi connectivity index (χ3v) is 1.61. The molecule has 0 aliphatic rings. The topological polar surface area (TPSA) is 92.3 Å². The summed E-state index contributed by atoms with van der Waals surface area (Å²) in [5.74, 6) is 1.29. The maximum Gasteiger partial charge on any atom is 0.193 e. The first-order valence-corrected chi connectivity index (χ1v) is 4.10. The minimum Gasteiger partial charge on any atom is -0.361 e. The lowest BCUT2D eigenvalue weighted by molar-refractivity contribution is 0.881. The molecular weight excluding hydrogens is 182 g/mol. The van der Waals surface area contributed by atoms with Crippen LogP contribution in [0, 0.1) is 6.92 Å². The number of tetrazole rings is 1. The molecular formula is C7H9N7. The van der Waals surface area contributed by atoms with Gasteiger partial charge in [-0.15, -0.1) is 15.3 Å². The van der Waals surface area contributed by atoms with Crippen LogP contribution < -0.4 is 5.32 Å². The van der Waals surface area contributed by atoms with Crippen LogP contribution in [0.25, 0.3) is 0 Å². The highest BCUT2D eigenvalue weighted by atomic mass is 15.5. The van der Waals surface area contributed by atoms with Gasteiger partial charge in [0.15, 0.2) is 5.82 Å². The predicted molar refractivity (Wildman–Crippen MR) is 48.3 cm³/mol. The van der Waals surface area contributed by atoms with E-state index in [1.54, 1.807) is 6.20 Å². The van der Waals surface area contributed by atoms with Gasteiger partial charge in [-0.3, -0.25) is 0 Å². The quantitative estimate of drug-likeness (QED) is 0.704. The zero-order valence-electron chi connectivity index (χ0n) is 7.60. The standard InChI is InChI=1S/C7H9N7/c1-5-2-6(10-9-3-5)8-4-7-11-13-14-12-7/h2-3H,4H2,1H3,(H,8,10)(H,11,12,13,14). The van der Waals surface area contributed by atoms with Crippen LogP contribution >= 0.6 is 0 Å². The van der Waals surface area contributed by atoms with Gasteiger partial charge in [-0.05, 0) is 18.6 Å². The highest BCUT2D eigenvalue weighted by Gasteiger charge is 1.99. The van der Waals surface area contributed by atoms with Crippen LogP contribution in [0.4, 0.5) is 5.82 Å². The zero-order chi connectivity index (χ0) is 9.80. The van der Waals surface area contributed by atoms with Crippen molar-refractivity contribution in [1.29, 1.82) is 0 Å². The Labute approximate surface area is 79.9 Å². The molecule has 0 aliphatic heterocycles. The lowest BCUT2D eigenvalue weighted by Crippen LogP contribution is -2.04. The summed E-state index contributed by atoms with van der Waals surface area (Å²) in [4.78, 5) is 0. The number of aryl methyl sites for hydroxylation is 1. The van der Waals surface area contributed by atoms with E-state index in [9.17, 15) is 0 Å². The van der Waals surface area contributed by atoms with Crippen molar-refractivity contribution < 1.29 is 0 Å². The summed E-state index contributed by atoms with van der Waals surface area (Å²) in [7, 11) is 0. The number of nitrogens with zero attached hydrogens (tertiary/aromatic N) is 5. The van der Waals surface area contributed by atoms with Crippen molar-refractivity contribution in [2.24, 2.45) is 0 Å². The predicted octanol–water partition coefficient (Wildman–Crippen LogP) is -0.0898. The van der Waals surface area contributed by atoms with Gasteiger partial charge < -0.3 is 5.32 Å². The average Bonchev–Trinajstić information content (AvgIpc) is 2.67. The molecule has 0 radical (unpaired) electrons. The molecule has 0 bridgehead atoms. The maximum atomic E-state index is 3.89. The van der Waals surface area contributed by atoms with E-state index in [0.29, 0.717) is 18.2 Å². The van der Waals surface area contributed by atoms with Crippen LogP contribution in [0.15, 0.2) is 12.3 Å². The Bertz CT molecular complexity index is 396. The third-order valence-electron chi connectivity index (χ3n) is 1.61.